The van der Waals surface area contributed by atoms with E-state index in [-0.39, 0.29) is 5.91 Å². The fourth-order valence-corrected chi connectivity index (χ4v) is 3.11. The summed E-state index contributed by atoms with van der Waals surface area (Å²) in [5.74, 6) is -0.0611. The maximum atomic E-state index is 12.3. The molecule has 1 amide bonds. The Morgan fingerprint density at radius 2 is 2.32 bits per heavy atom. The van der Waals surface area contributed by atoms with Crippen molar-refractivity contribution in [3.8, 4) is 5.69 Å². The lowest BCUT2D eigenvalue weighted by Gasteiger charge is -2.10. The zero-order valence-electron chi connectivity index (χ0n) is 13.9. The molecular weight excluding hydrogens is 316 g/mol. The standard InChI is InChI=1S/C19H20N4O2/c24-19(21-9-7-17-4-2-10-25-17)14-5-6-18-15(11-14)13-23(22-18)16-3-1-8-20-12-16/h1,3,5-6,8,11-13,17H,2,4,7,9-10H2,(H,21,24). The van der Waals surface area contributed by atoms with E-state index in [2.05, 4.69) is 15.4 Å². The van der Waals surface area contributed by atoms with Crippen molar-refractivity contribution in [1.82, 2.24) is 20.1 Å². The Bertz CT molecular complexity index is 870. The minimum atomic E-state index is -0.0611. The third kappa shape index (κ3) is 3.53. The molecule has 1 unspecified atom stereocenters. The highest BCUT2D eigenvalue weighted by Gasteiger charge is 2.15. The Labute approximate surface area is 145 Å². The van der Waals surface area contributed by atoms with E-state index in [4.69, 9.17) is 4.74 Å². The van der Waals surface area contributed by atoms with Gasteiger partial charge in [0.25, 0.3) is 5.91 Å². The molecule has 0 bridgehead atoms. The second-order valence-corrected chi connectivity index (χ2v) is 6.24. The zero-order valence-corrected chi connectivity index (χ0v) is 13.9. The van der Waals surface area contributed by atoms with Gasteiger partial charge in [-0.25, -0.2) is 4.68 Å². The van der Waals surface area contributed by atoms with E-state index < -0.39 is 0 Å². The number of pyridine rings is 1. The number of nitrogens with one attached hydrogen (secondary N) is 1. The van der Waals surface area contributed by atoms with E-state index in [1.165, 1.54) is 0 Å². The lowest BCUT2D eigenvalue weighted by Crippen LogP contribution is -2.26. The molecular formula is C19H20N4O2. The highest BCUT2D eigenvalue weighted by molar-refractivity contribution is 5.97. The Balaban J connectivity index is 1.45. The molecule has 3 aromatic rings. The van der Waals surface area contributed by atoms with Gasteiger partial charge in [0.2, 0.25) is 0 Å². The fraction of sp³-hybridized carbons (Fsp3) is 0.316. The number of rotatable bonds is 5. The molecule has 1 aliphatic rings. The first-order chi connectivity index (χ1) is 12.3. The number of fused-ring (bicyclic) bond motifs is 1. The summed E-state index contributed by atoms with van der Waals surface area (Å²) in [7, 11) is 0. The van der Waals surface area contributed by atoms with Gasteiger partial charge in [-0.05, 0) is 49.6 Å². The third-order valence-electron chi connectivity index (χ3n) is 4.45. The van der Waals surface area contributed by atoms with Crippen LogP contribution in [0.2, 0.25) is 0 Å². The monoisotopic (exact) mass is 336 g/mol. The molecule has 1 atom stereocenters. The van der Waals surface area contributed by atoms with Gasteiger partial charge in [0, 0.05) is 36.5 Å². The van der Waals surface area contributed by atoms with Gasteiger partial charge in [-0.3, -0.25) is 9.78 Å². The van der Waals surface area contributed by atoms with Gasteiger partial charge in [-0.1, -0.05) is 0 Å². The van der Waals surface area contributed by atoms with E-state index in [0.717, 1.165) is 42.5 Å². The third-order valence-corrected chi connectivity index (χ3v) is 4.45. The number of amides is 1. The first-order valence-corrected chi connectivity index (χ1v) is 8.59. The summed E-state index contributed by atoms with van der Waals surface area (Å²) in [6.45, 7) is 1.48. The van der Waals surface area contributed by atoms with Crippen LogP contribution >= 0.6 is 0 Å². The van der Waals surface area contributed by atoms with Crippen molar-refractivity contribution >= 4 is 16.8 Å². The molecule has 1 fully saturated rings. The molecule has 0 radical (unpaired) electrons. The molecule has 4 rings (SSSR count). The van der Waals surface area contributed by atoms with Crippen LogP contribution in [-0.2, 0) is 4.74 Å². The van der Waals surface area contributed by atoms with Gasteiger partial charge in [-0.15, -0.1) is 0 Å². The number of carbonyl (C=O) groups is 1. The maximum absolute atomic E-state index is 12.3. The Morgan fingerprint density at radius 1 is 1.36 bits per heavy atom. The van der Waals surface area contributed by atoms with Crippen LogP contribution in [0, 0.1) is 0 Å². The second-order valence-electron chi connectivity index (χ2n) is 6.24. The van der Waals surface area contributed by atoms with Crippen molar-refractivity contribution in [3.05, 3.63) is 54.5 Å². The molecule has 1 aromatic carbocycles. The smallest absolute Gasteiger partial charge is 0.251 e. The van der Waals surface area contributed by atoms with Gasteiger partial charge >= 0.3 is 0 Å². The summed E-state index contributed by atoms with van der Waals surface area (Å²) in [5.41, 5.74) is 2.38. The highest BCUT2D eigenvalue weighted by atomic mass is 16.5. The number of hydrogen-bond acceptors (Lipinski definition) is 4. The molecule has 1 saturated heterocycles. The minimum Gasteiger partial charge on any atom is -0.378 e. The molecule has 6 nitrogen and oxygen atoms in total. The molecule has 0 spiro atoms. The van der Waals surface area contributed by atoms with Gasteiger partial charge in [0.05, 0.1) is 23.5 Å². The lowest BCUT2D eigenvalue weighted by molar-refractivity contribution is 0.0907. The van der Waals surface area contributed by atoms with E-state index in [0.29, 0.717) is 18.2 Å². The number of hydrogen-bond donors (Lipinski definition) is 1. The van der Waals surface area contributed by atoms with Crippen LogP contribution in [0.15, 0.2) is 48.9 Å². The summed E-state index contributed by atoms with van der Waals surface area (Å²) in [6.07, 6.45) is 8.77. The van der Waals surface area contributed by atoms with Crippen LogP contribution < -0.4 is 5.32 Å². The predicted molar refractivity (Wildman–Crippen MR) is 94.8 cm³/mol. The summed E-state index contributed by atoms with van der Waals surface area (Å²) in [5, 5.41) is 8.43. The van der Waals surface area contributed by atoms with Gasteiger partial charge in [0.1, 0.15) is 0 Å². The zero-order chi connectivity index (χ0) is 17.1. The van der Waals surface area contributed by atoms with Crippen LogP contribution in [0.1, 0.15) is 29.6 Å². The van der Waals surface area contributed by atoms with Crippen LogP contribution in [-0.4, -0.2) is 39.9 Å². The number of carbonyl (C=O) groups excluding carboxylic acids is 1. The number of ether oxygens (including phenoxy) is 1. The fourth-order valence-electron chi connectivity index (χ4n) is 3.11. The summed E-state index contributed by atoms with van der Waals surface area (Å²) in [6, 6.07) is 9.37. The second kappa shape index (κ2) is 7.03. The Kier molecular flexibility index (Phi) is 4.43. The first-order valence-electron chi connectivity index (χ1n) is 8.59. The van der Waals surface area contributed by atoms with Gasteiger partial charge in [0.15, 0.2) is 0 Å². The lowest BCUT2D eigenvalue weighted by atomic mass is 10.1. The summed E-state index contributed by atoms with van der Waals surface area (Å²) in [4.78, 5) is 16.5. The maximum Gasteiger partial charge on any atom is 0.251 e. The van der Waals surface area contributed by atoms with Crippen molar-refractivity contribution in [3.63, 3.8) is 0 Å². The average molecular weight is 336 g/mol. The van der Waals surface area contributed by atoms with E-state index in [1.54, 1.807) is 17.1 Å². The van der Waals surface area contributed by atoms with Gasteiger partial charge < -0.3 is 10.1 Å². The van der Waals surface area contributed by atoms with Crippen LogP contribution in [0.4, 0.5) is 0 Å². The van der Waals surface area contributed by atoms with E-state index in [9.17, 15) is 4.79 Å². The average Bonchev–Trinajstić information content (AvgIpc) is 3.31. The van der Waals surface area contributed by atoms with Crippen molar-refractivity contribution in [1.29, 1.82) is 0 Å². The van der Waals surface area contributed by atoms with Crippen molar-refractivity contribution in [2.75, 3.05) is 13.2 Å². The molecule has 1 N–H and O–H groups in total. The Hall–Kier alpha value is -2.73. The van der Waals surface area contributed by atoms with Crippen LogP contribution in [0.5, 0.6) is 0 Å². The molecule has 0 aliphatic carbocycles. The molecule has 128 valence electrons. The quantitative estimate of drug-likeness (QED) is 0.778. The summed E-state index contributed by atoms with van der Waals surface area (Å²) >= 11 is 0. The largest absolute Gasteiger partial charge is 0.378 e. The predicted octanol–water partition coefficient (Wildman–Crippen LogP) is 2.72. The van der Waals surface area contributed by atoms with E-state index >= 15 is 0 Å². The van der Waals surface area contributed by atoms with E-state index in [1.807, 2.05) is 36.5 Å². The topological polar surface area (TPSA) is 69.0 Å². The molecule has 2 aromatic heterocycles. The SMILES string of the molecule is O=C(NCCC1CCCO1)c1ccc2nn(-c3cccnc3)cc2c1. The number of benzene rings is 1. The number of nitrogens with zero attached hydrogens (tertiary/aromatic N) is 3. The minimum absolute atomic E-state index is 0.0611. The number of aromatic nitrogens is 3. The summed E-state index contributed by atoms with van der Waals surface area (Å²) < 4.78 is 7.35. The van der Waals surface area contributed by atoms with Crippen molar-refractivity contribution < 1.29 is 9.53 Å². The van der Waals surface area contributed by atoms with Crippen molar-refractivity contribution in [2.45, 2.75) is 25.4 Å². The van der Waals surface area contributed by atoms with Crippen molar-refractivity contribution in [2.24, 2.45) is 0 Å². The molecule has 25 heavy (non-hydrogen) atoms. The molecule has 6 heteroatoms. The normalized spacial score (nSPS) is 17.0. The van der Waals surface area contributed by atoms with Crippen LogP contribution in [0.3, 0.4) is 0 Å². The van der Waals surface area contributed by atoms with Crippen LogP contribution in [0.25, 0.3) is 16.6 Å². The molecule has 1 aliphatic heterocycles. The highest BCUT2D eigenvalue weighted by Crippen LogP contribution is 2.18. The molecule has 3 heterocycles. The first kappa shape index (κ1) is 15.8. The van der Waals surface area contributed by atoms with Gasteiger partial charge in [-0.2, -0.15) is 5.10 Å². The molecule has 0 saturated carbocycles. The Morgan fingerprint density at radius 3 is 3.12 bits per heavy atom.